The highest BCUT2D eigenvalue weighted by Crippen LogP contribution is 2.18. The van der Waals surface area contributed by atoms with Crippen LogP contribution < -0.4 is 15.4 Å². The first-order valence-electron chi connectivity index (χ1n) is 9.19. The van der Waals surface area contributed by atoms with E-state index in [4.69, 9.17) is 9.47 Å². The van der Waals surface area contributed by atoms with E-state index in [2.05, 4.69) is 10.6 Å². The molecule has 2 aromatic carbocycles. The van der Waals surface area contributed by atoms with Crippen LogP contribution in [0.15, 0.2) is 48.5 Å². The smallest absolute Gasteiger partial charge is 0.407 e. The molecule has 0 unspecified atom stereocenters. The van der Waals surface area contributed by atoms with Gasteiger partial charge in [0.15, 0.2) is 0 Å². The second kappa shape index (κ2) is 9.26. The summed E-state index contributed by atoms with van der Waals surface area (Å²) in [6.07, 6.45) is -0.519. The van der Waals surface area contributed by atoms with E-state index < -0.39 is 11.7 Å². The SMILES string of the molecule is COc1ccc([C@@H](C)NC(=O)c2ccccc2CNC(=O)OC(C)(C)C)cc1. The van der Waals surface area contributed by atoms with Crippen LogP contribution >= 0.6 is 0 Å². The molecule has 0 radical (unpaired) electrons. The molecule has 0 heterocycles. The molecule has 2 rings (SSSR count). The van der Waals surface area contributed by atoms with E-state index in [1.54, 1.807) is 40.0 Å². The van der Waals surface area contributed by atoms with Gasteiger partial charge in [0.05, 0.1) is 13.2 Å². The van der Waals surface area contributed by atoms with Crippen LogP contribution in [0.2, 0.25) is 0 Å². The first kappa shape index (κ1) is 21.3. The van der Waals surface area contributed by atoms with Crippen molar-refractivity contribution >= 4 is 12.0 Å². The van der Waals surface area contributed by atoms with E-state index in [9.17, 15) is 9.59 Å². The van der Waals surface area contributed by atoms with E-state index in [0.717, 1.165) is 11.3 Å². The fourth-order valence-corrected chi connectivity index (χ4v) is 2.63. The molecule has 150 valence electrons. The maximum atomic E-state index is 12.8. The summed E-state index contributed by atoms with van der Waals surface area (Å²) >= 11 is 0. The molecular weight excluding hydrogens is 356 g/mol. The Morgan fingerprint density at radius 2 is 1.68 bits per heavy atom. The van der Waals surface area contributed by atoms with Gasteiger partial charge < -0.3 is 20.1 Å². The van der Waals surface area contributed by atoms with Gasteiger partial charge in [-0.05, 0) is 57.0 Å². The number of hydrogen-bond donors (Lipinski definition) is 2. The zero-order valence-electron chi connectivity index (χ0n) is 17.0. The topological polar surface area (TPSA) is 76.7 Å². The first-order valence-corrected chi connectivity index (χ1v) is 9.19. The molecule has 0 aliphatic carbocycles. The summed E-state index contributed by atoms with van der Waals surface area (Å²) in [6, 6.07) is 14.5. The predicted octanol–water partition coefficient (Wildman–Crippen LogP) is 4.21. The first-order chi connectivity index (χ1) is 13.2. The molecule has 6 heteroatoms. The van der Waals surface area contributed by atoms with Crippen LogP contribution in [0.3, 0.4) is 0 Å². The monoisotopic (exact) mass is 384 g/mol. The van der Waals surface area contributed by atoms with Gasteiger partial charge in [-0.2, -0.15) is 0 Å². The number of hydrogen-bond acceptors (Lipinski definition) is 4. The number of alkyl carbamates (subject to hydrolysis) is 1. The zero-order chi connectivity index (χ0) is 20.7. The highest BCUT2D eigenvalue weighted by molar-refractivity contribution is 5.96. The van der Waals surface area contributed by atoms with E-state index in [1.807, 2.05) is 43.3 Å². The van der Waals surface area contributed by atoms with Crippen LogP contribution in [-0.4, -0.2) is 24.7 Å². The summed E-state index contributed by atoms with van der Waals surface area (Å²) in [4.78, 5) is 24.7. The predicted molar refractivity (Wildman–Crippen MR) is 108 cm³/mol. The Labute approximate surface area is 166 Å². The molecule has 2 aromatic rings. The normalized spacial score (nSPS) is 12.0. The number of benzene rings is 2. The van der Waals surface area contributed by atoms with Crippen molar-refractivity contribution in [3.63, 3.8) is 0 Å². The maximum Gasteiger partial charge on any atom is 0.407 e. The van der Waals surface area contributed by atoms with Crippen molar-refractivity contribution in [2.24, 2.45) is 0 Å². The molecule has 1 atom stereocenters. The van der Waals surface area contributed by atoms with Gasteiger partial charge in [0, 0.05) is 12.1 Å². The summed E-state index contributed by atoms with van der Waals surface area (Å²) in [7, 11) is 1.61. The Balaban J connectivity index is 2.03. The van der Waals surface area contributed by atoms with Crippen LogP contribution in [-0.2, 0) is 11.3 Å². The Hall–Kier alpha value is -3.02. The number of rotatable bonds is 6. The van der Waals surface area contributed by atoms with Crippen molar-refractivity contribution in [1.29, 1.82) is 0 Å². The minimum atomic E-state index is -0.575. The lowest BCUT2D eigenvalue weighted by Gasteiger charge is -2.20. The van der Waals surface area contributed by atoms with Crippen molar-refractivity contribution in [1.82, 2.24) is 10.6 Å². The average Bonchev–Trinajstić information content (AvgIpc) is 2.65. The lowest BCUT2D eigenvalue weighted by molar-refractivity contribution is 0.0522. The summed E-state index contributed by atoms with van der Waals surface area (Å²) in [5.74, 6) is 0.561. The van der Waals surface area contributed by atoms with Crippen molar-refractivity contribution < 1.29 is 19.1 Å². The molecule has 2 amide bonds. The molecule has 0 aliphatic rings. The van der Waals surface area contributed by atoms with Gasteiger partial charge in [-0.3, -0.25) is 4.79 Å². The molecule has 0 aliphatic heterocycles. The van der Waals surface area contributed by atoms with E-state index >= 15 is 0 Å². The third kappa shape index (κ3) is 6.30. The molecule has 0 bridgehead atoms. The number of carbonyl (C=O) groups is 2. The molecule has 2 N–H and O–H groups in total. The maximum absolute atomic E-state index is 12.8. The molecule has 0 aromatic heterocycles. The minimum Gasteiger partial charge on any atom is -0.497 e. The quantitative estimate of drug-likeness (QED) is 0.782. The molecule has 0 saturated heterocycles. The number of carbonyl (C=O) groups excluding carboxylic acids is 2. The Bertz CT molecular complexity index is 810. The second-order valence-electron chi connectivity index (χ2n) is 7.48. The molecule has 0 saturated carbocycles. The van der Waals surface area contributed by atoms with E-state index in [-0.39, 0.29) is 18.5 Å². The van der Waals surface area contributed by atoms with Gasteiger partial charge in [-0.1, -0.05) is 30.3 Å². The highest BCUT2D eigenvalue weighted by atomic mass is 16.6. The molecule has 0 fully saturated rings. The van der Waals surface area contributed by atoms with Gasteiger partial charge in [0.2, 0.25) is 0 Å². The molecule has 6 nitrogen and oxygen atoms in total. The molecule has 0 spiro atoms. The third-order valence-corrected chi connectivity index (χ3v) is 4.05. The summed E-state index contributed by atoms with van der Waals surface area (Å²) in [6.45, 7) is 7.52. The standard InChI is InChI=1S/C22H28N2O4/c1-15(16-10-12-18(27-5)13-11-16)24-20(25)19-9-7-6-8-17(19)14-23-21(26)28-22(2,3)4/h6-13,15H,14H2,1-5H3,(H,23,26)(H,24,25)/t15-/m1/s1. The lowest BCUT2D eigenvalue weighted by Crippen LogP contribution is -2.33. The number of ether oxygens (including phenoxy) is 2. The number of methoxy groups -OCH3 is 1. The van der Waals surface area contributed by atoms with Crippen LogP contribution in [0.4, 0.5) is 4.79 Å². The zero-order valence-corrected chi connectivity index (χ0v) is 17.0. The summed E-state index contributed by atoms with van der Waals surface area (Å²) in [5, 5.41) is 5.69. The third-order valence-electron chi connectivity index (χ3n) is 4.05. The van der Waals surface area contributed by atoms with Crippen molar-refractivity contribution in [2.45, 2.75) is 45.9 Å². The minimum absolute atomic E-state index is 0.176. The van der Waals surface area contributed by atoms with Crippen LogP contribution in [0.1, 0.15) is 55.2 Å². The van der Waals surface area contributed by atoms with Gasteiger partial charge in [-0.25, -0.2) is 4.79 Å². The summed E-state index contributed by atoms with van der Waals surface area (Å²) < 4.78 is 10.4. The van der Waals surface area contributed by atoms with E-state index in [0.29, 0.717) is 11.1 Å². The van der Waals surface area contributed by atoms with Crippen molar-refractivity contribution in [3.8, 4) is 5.75 Å². The fraction of sp³-hybridized carbons (Fsp3) is 0.364. The average molecular weight is 384 g/mol. The van der Waals surface area contributed by atoms with Gasteiger partial charge in [0.25, 0.3) is 5.91 Å². The van der Waals surface area contributed by atoms with Gasteiger partial charge in [0.1, 0.15) is 11.4 Å². The lowest BCUT2D eigenvalue weighted by atomic mass is 10.0. The molecular formula is C22H28N2O4. The van der Waals surface area contributed by atoms with Gasteiger partial charge >= 0.3 is 6.09 Å². The van der Waals surface area contributed by atoms with Crippen LogP contribution in [0.25, 0.3) is 0 Å². The molecule has 28 heavy (non-hydrogen) atoms. The number of nitrogens with one attached hydrogen (secondary N) is 2. The van der Waals surface area contributed by atoms with Crippen molar-refractivity contribution in [2.75, 3.05) is 7.11 Å². The summed E-state index contributed by atoms with van der Waals surface area (Å²) in [5.41, 5.74) is 1.62. The van der Waals surface area contributed by atoms with Crippen LogP contribution in [0, 0.1) is 0 Å². The van der Waals surface area contributed by atoms with Crippen LogP contribution in [0.5, 0.6) is 5.75 Å². The fourth-order valence-electron chi connectivity index (χ4n) is 2.63. The number of amides is 2. The Kier molecular flexibility index (Phi) is 7.04. The highest BCUT2D eigenvalue weighted by Gasteiger charge is 2.18. The second-order valence-corrected chi connectivity index (χ2v) is 7.48. The Morgan fingerprint density at radius 1 is 1.04 bits per heavy atom. The van der Waals surface area contributed by atoms with Gasteiger partial charge in [-0.15, -0.1) is 0 Å². The van der Waals surface area contributed by atoms with Crippen molar-refractivity contribution in [3.05, 3.63) is 65.2 Å². The largest absolute Gasteiger partial charge is 0.497 e. The van der Waals surface area contributed by atoms with E-state index in [1.165, 1.54) is 0 Å². The Morgan fingerprint density at radius 3 is 2.29 bits per heavy atom.